The minimum Gasteiger partial charge on any atom is -0.489 e. The van der Waals surface area contributed by atoms with Crippen LogP contribution >= 0.6 is 11.6 Å². The number of halogens is 3. The maximum atomic E-state index is 13.9. The Bertz CT molecular complexity index is 1260. The number of nitrogens with zero attached hydrogens (tertiary/aromatic N) is 1. The van der Waals surface area contributed by atoms with Gasteiger partial charge in [0.25, 0.3) is 0 Å². The lowest BCUT2D eigenvalue weighted by Crippen LogP contribution is -2.05. The number of hydrogen-bond acceptors (Lipinski definition) is 3. The molecule has 0 aliphatic heterocycles. The smallest absolute Gasteiger partial charge is 0.337 e. The molecule has 0 amide bonds. The summed E-state index contributed by atoms with van der Waals surface area (Å²) in [6.07, 6.45) is 4.72. The second-order valence-corrected chi connectivity index (χ2v) is 8.26. The predicted octanol–water partition coefficient (Wildman–Crippen LogP) is 6.95. The average molecular weight is 470 g/mol. The maximum absolute atomic E-state index is 13.9. The Kier molecular flexibility index (Phi) is 6.75. The van der Waals surface area contributed by atoms with Crippen LogP contribution in [0.5, 0.6) is 5.75 Å². The van der Waals surface area contributed by atoms with Crippen molar-refractivity contribution in [1.82, 2.24) is 4.98 Å². The highest BCUT2D eigenvalue weighted by Gasteiger charge is 2.22. The van der Waals surface area contributed by atoms with Gasteiger partial charge < -0.3 is 9.84 Å². The monoisotopic (exact) mass is 469 g/mol. The van der Waals surface area contributed by atoms with Gasteiger partial charge in [0.2, 0.25) is 0 Å². The summed E-state index contributed by atoms with van der Waals surface area (Å²) in [4.78, 5) is 16.1. The number of carboxylic acids is 1. The molecule has 0 bridgehead atoms. The molecule has 1 N–H and O–H groups in total. The van der Waals surface area contributed by atoms with E-state index >= 15 is 0 Å². The van der Waals surface area contributed by atoms with Gasteiger partial charge in [-0.2, -0.15) is 0 Å². The Balaban J connectivity index is 1.67. The van der Waals surface area contributed by atoms with E-state index in [0.29, 0.717) is 22.9 Å². The molecule has 0 unspecified atom stereocenters. The summed E-state index contributed by atoms with van der Waals surface area (Å²) >= 11 is 6.52. The summed E-state index contributed by atoms with van der Waals surface area (Å²) in [6, 6.07) is 10.3. The summed E-state index contributed by atoms with van der Waals surface area (Å²) in [5.74, 6) is -1.80. The molecule has 0 radical (unpaired) electrons. The highest BCUT2D eigenvalue weighted by Crippen LogP contribution is 2.43. The minimum atomic E-state index is -0.997. The van der Waals surface area contributed by atoms with Gasteiger partial charge in [-0.05, 0) is 78.8 Å². The Morgan fingerprint density at radius 1 is 1.12 bits per heavy atom. The van der Waals surface area contributed by atoms with Crippen LogP contribution in [0.4, 0.5) is 8.78 Å². The lowest BCUT2D eigenvalue weighted by Gasteiger charge is -2.14. The number of pyridine rings is 1. The number of aromatic carboxylic acids is 1. The van der Waals surface area contributed by atoms with Gasteiger partial charge in [0, 0.05) is 28.4 Å². The number of carbonyl (C=O) groups is 1. The van der Waals surface area contributed by atoms with Gasteiger partial charge in [-0.15, -0.1) is 0 Å². The van der Waals surface area contributed by atoms with E-state index in [9.17, 15) is 18.7 Å². The van der Waals surface area contributed by atoms with Gasteiger partial charge in [0.1, 0.15) is 24.0 Å². The van der Waals surface area contributed by atoms with Crippen LogP contribution in [0.2, 0.25) is 5.02 Å². The van der Waals surface area contributed by atoms with Crippen molar-refractivity contribution in [2.45, 2.75) is 39.2 Å². The number of allylic oxidation sites excluding steroid dienone is 2. The maximum Gasteiger partial charge on any atom is 0.337 e. The van der Waals surface area contributed by atoms with Crippen molar-refractivity contribution in [2.75, 3.05) is 0 Å². The number of aryl methyl sites for hydroxylation is 1. The molecule has 7 heteroatoms. The van der Waals surface area contributed by atoms with Crippen molar-refractivity contribution in [1.29, 1.82) is 0 Å². The van der Waals surface area contributed by atoms with Crippen LogP contribution in [0.1, 0.15) is 58.9 Å². The molecule has 0 saturated heterocycles. The molecule has 1 heterocycles. The van der Waals surface area contributed by atoms with Crippen LogP contribution < -0.4 is 4.74 Å². The normalized spacial score (nSPS) is 13.5. The van der Waals surface area contributed by atoms with Crippen LogP contribution in [-0.2, 0) is 13.0 Å². The van der Waals surface area contributed by atoms with Crippen molar-refractivity contribution < 1.29 is 23.4 Å². The van der Waals surface area contributed by atoms with E-state index in [1.165, 1.54) is 12.1 Å². The van der Waals surface area contributed by atoms with E-state index in [0.717, 1.165) is 47.6 Å². The number of rotatable bonds is 7. The van der Waals surface area contributed by atoms with Crippen LogP contribution in [0.25, 0.3) is 11.1 Å². The first-order chi connectivity index (χ1) is 15.9. The van der Waals surface area contributed by atoms with Crippen molar-refractivity contribution in [2.24, 2.45) is 0 Å². The van der Waals surface area contributed by atoms with Crippen LogP contribution in [0.15, 0.2) is 48.7 Å². The number of hydrogen-bond donors (Lipinski definition) is 1. The number of ether oxygens (including phenoxy) is 1. The minimum absolute atomic E-state index is 0.0521. The summed E-state index contributed by atoms with van der Waals surface area (Å²) in [7, 11) is 0. The van der Waals surface area contributed by atoms with Gasteiger partial charge in [0.05, 0.1) is 11.3 Å². The molecule has 0 saturated carbocycles. The fourth-order valence-corrected chi connectivity index (χ4v) is 4.34. The van der Waals surface area contributed by atoms with E-state index in [4.69, 9.17) is 16.3 Å². The molecule has 0 fully saturated rings. The van der Waals surface area contributed by atoms with Crippen LogP contribution in [0, 0.1) is 11.6 Å². The van der Waals surface area contributed by atoms with Crippen LogP contribution in [0.3, 0.4) is 0 Å². The zero-order chi connectivity index (χ0) is 23.5. The molecule has 33 heavy (non-hydrogen) atoms. The van der Waals surface area contributed by atoms with Gasteiger partial charge >= 0.3 is 5.97 Å². The van der Waals surface area contributed by atoms with Crippen molar-refractivity contribution in [3.8, 4) is 5.75 Å². The Morgan fingerprint density at radius 3 is 2.64 bits per heavy atom. The Labute approximate surface area is 195 Å². The van der Waals surface area contributed by atoms with Gasteiger partial charge in [-0.1, -0.05) is 18.5 Å². The second kappa shape index (κ2) is 9.71. The summed E-state index contributed by atoms with van der Waals surface area (Å²) in [5, 5.41) is 10.1. The Hall–Kier alpha value is -3.25. The average Bonchev–Trinajstić information content (AvgIpc) is 3.28. The fourth-order valence-electron chi connectivity index (χ4n) is 4.11. The van der Waals surface area contributed by atoms with Crippen molar-refractivity contribution in [3.05, 3.63) is 93.3 Å². The molecule has 1 aliphatic rings. The lowest BCUT2D eigenvalue weighted by molar-refractivity contribution is 0.0695. The quantitative estimate of drug-likeness (QED) is 0.407. The summed E-state index contributed by atoms with van der Waals surface area (Å²) in [5.41, 5.74) is 4.59. The summed E-state index contributed by atoms with van der Waals surface area (Å²) in [6.45, 7) is 1.82. The molecular formula is C26H22ClF2NO3. The van der Waals surface area contributed by atoms with Crippen LogP contribution in [-0.4, -0.2) is 16.1 Å². The van der Waals surface area contributed by atoms with Crippen molar-refractivity contribution >= 4 is 28.7 Å². The molecule has 0 spiro atoms. The molecule has 2 aromatic carbocycles. The largest absolute Gasteiger partial charge is 0.489 e. The van der Waals surface area contributed by atoms with E-state index in [2.05, 4.69) is 4.98 Å². The summed E-state index contributed by atoms with van der Waals surface area (Å²) < 4.78 is 32.8. The highest BCUT2D eigenvalue weighted by atomic mass is 35.5. The van der Waals surface area contributed by atoms with E-state index < -0.39 is 17.6 Å². The molecule has 1 aromatic heterocycles. The lowest BCUT2D eigenvalue weighted by atomic mass is 9.96. The van der Waals surface area contributed by atoms with E-state index in [1.54, 1.807) is 30.5 Å². The first-order valence-electron chi connectivity index (χ1n) is 10.7. The zero-order valence-electron chi connectivity index (χ0n) is 18.0. The Morgan fingerprint density at radius 2 is 1.91 bits per heavy atom. The number of carboxylic acid groups (broad SMARTS) is 1. The standard InChI is InChI=1S/C26H22ClF2NO3/c1-2-25-22(26(31)32)10-16(13-30-25)19-4-3-5-20(19)21-12-18(8-9-23(21)27)33-14-15-6-7-17(28)11-24(15)29/h6-13H,2-5,14H2,1H3,(H,31,32). The first-order valence-corrected chi connectivity index (χ1v) is 11.1. The SMILES string of the molecule is CCc1ncc(C2=C(c3cc(OCc4ccc(F)cc4F)ccc3Cl)CCC2)cc1C(=O)O. The fraction of sp³-hybridized carbons (Fsp3) is 0.231. The van der Waals surface area contributed by atoms with Crippen molar-refractivity contribution in [3.63, 3.8) is 0 Å². The number of benzene rings is 2. The van der Waals surface area contributed by atoms with E-state index in [-0.39, 0.29) is 17.7 Å². The topological polar surface area (TPSA) is 59.4 Å². The molecule has 3 aromatic rings. The predicted molar refractivity (Wildman–Crippen MR) is 123 cm³/mol. The van der Waals surface area contributed by atoms with E-state index in [1.807, 2.05) is 6.92 Å². The third-order valence-electron chi connectivity index (χ3n) is 5.77. The highest BCUT2D eigenvalue weighted by molar-refractivity contribution is 6.32. The molecular weight excluding hydrogens is 448 g/mol. The van der Waals surface area contributed by atoms with Gasteiger partial charge in [0.15, 0.2) is 0 Å². The van der Waals surface area contributed by atoms with Gasteiger partial charge in [-0.3, -0.25) is 4.98 Å². The third-order valence-corrected chi connectivity index (χ3v) is 6.10. The molecule has 4 rings (SSSR count). The molecule has 0 atom stereocenters. The van der Waals surface area contributed by atoms with Gasteiger partial charge in [-0.25, -0.2) is 13.6 Å². The first kappa shape index (κ1) is 22.9. The zero-order valence-corrected chi connectivity index (χ0v) is 18.8. The number of aromatic nitrogens is 1. The molecule has 1 aliphatic carbocycles. The second-order valence-electron chi connectivity index (χ2n) is 7.85. The molecule has 4 nitrogen and oxygen atoms in total. The third kappa shape index (κ3) is 4.91. The molecule has 170 valence electrons.